The van der Waals surface area contributed by atoms with Crippen LogP contribution in [0.15, 0.2) is 54.7 Å². The maximum absolute atomic E-state index is 11.7. The Bertz CT molecular complexity index is 1020. The minimum atomic E-state index is -1.60. The first-order valence-corrected chi connectivity index (χ1v) is 10.0. The Morgan fingerprint density at radius 2 is 1.77 bits per heavy atom. The van der Waals surface area contributed by atoms with Crippen molar-refractivity contribution in [1.82, 2.24) is 9.88 Å². The van der Waals surface area contributed by atoms with Gasteiger partial charge in [-0.2, -0.15) is 0 Å². The Kier molecular flexibility index (Phi) is 5.99. The SMILES string of the molecule is O=C(O)C(=O)O[C@H](COc1cccc2[nH]ccc12)CN1CCc2ccccc2CC1. The number of benzene rings is 2. The molecule has 1 aromatic heterocycles. The summed E-state index contributed by atoms with van der Waals surface area (Å²) >= 11 is 0. The molecule has 0 amide bonds. The van der Waals surface area contributed by atoms with Crippen LogP contribution in [0.25, 0.3) is 10.9 Å². The maximum Gasteiger partial charge on any atom is 0.417 e. The molecule has 0 saturated carbocycles. The lowest BCUT2D eigenvalue weighted by atomic mass is 10.0. The summed E-state index contributed by atoms with van der Waals surface area (Å²) in [4.78, 5) is 28.1. The first-order valence-electron chi connectivity index (χ1n) is 10.0. The van der Waals surface area contributed by atoms with Crippen LogP contribution in [0.5, 0.6) is 5.75 Å². The Balaban J connectivity index is 1.44. The van der Waals surface area contributed by atoms with Gasteiger partial charge in [0, 0.05) is 36.7 Å². The lowest BCUT2D eigenvalue weighted by Crippen LogP contribution is -2.40. The fraction of sp³-hybridized carbons (Fsp3) is 0.304. The van der Waals surface area contributed by atoms with Crippen molar-refractivity contribution >= 4 is 22.8 Å². The molecule has 30 heavy (non-hydrogen) atoms. The molecular weight excluding hydrogens is 384 g/mol. The van der Waals surface area contributed by atoms with Crippen LogP contribution < -0.4 is 4.74 Å². The second-order valence-electron chi connectivity index (χ2n) is 7.41. The number of carboxylic acid groups (broad SMARTS) is 1. The highest BCUT2D eigenvalue weighted by Crippen LogP contribution is 2.25. The van der Waals surface area contributed by atoms with E-state index in [0.717, 1.165) is 36.8 Å². The minimum Gasteiger partial charge on any atom is -0.489 e. The average molecular weight is 408 g/mol. The van der Waals surface area contributed by atoms with Gasteiger partial charge in [-0.1, -0.05) is 30.3 Å². The molecule has 4 rings (SSSR count). The lowest BCUT2D eigenvalue weighted by molar-refractivity contribution is -0.169. The Morgan fingerprint density at radius 1 is 1.03 bits per heavy atom. The molecule has 1 atom stereocenters. The van der Waals surface area contributed by atoms with Gasteiger partial charge in [0.05, 0.1) is 0 Å². The van der Waals surface area contributed by atoms with Crippen LogP contribution in [0, 0.1) is 0 Å². The number of fused-ring (bicyclic) bond motifs is 2. The highest BCUT2D eigenvalue weighted by molar-refractivity contribution is 6.28. The number of hydrogen-bond donors (Lipinski definition) is 2. The predicted molar refractivity (Wildman–Crippen MR) is 112 cm³/mol. The van der Waals surface area contributed by atoms with Gasteiger partial charge in [-0.3, -0.25) is 4.90 Å². The number of nitrogens with one attached hydrogen (secondary N) is 1. The number of esters is 1. The first-order chi connectivity index (χ1) is 14.6. The molecule has 1 aliphatic heterocycles. The maximum atomic E-state index is 11.7. The number of carbonyl (C=O) groups excluding carboxylic acids is 1. The van der Waals surface area contributed by atoms with Gasteiger partial charge in [-0.05, 0) is 42.2 Å². The number of hydrogen-bond acceptors (Lipinski definition) is 5. The molecule has 0 saturated heterocycles. The predicted octanol–water partition coefficient (Wildman–Crippen LogP) is 2.64. The molecule has 7 nitrogen and oxygen atoms in total. The molecule has 2 N–H and O–H groups in total. The molecule has 1 aliphatic rings. The van der Waals surface area contributed by atoms with Crippen LogP contribution >= 0.6 is 0 Å². The van der Waals surface area contributed by atoms with Crippen molar-refractivity contribution in [1.29, 1.82) is 0 Å². The summed E-state index contributed by atoms with van der Waals surface area (Å²) in [5.41, 5.74) is 3.60. The molecule has 156 valence electrons. The number of aromatic nitrogens is 1. The van der Waals surface area contributed by atoms with E-state index in [1.807, 2.05) is 42.6 Å². The van der Waals surface area contributed by atoms with Gasteiger partial charge < -0.3 is 19.6 Å². The van der Waals surface area contributed by atoms with Crippen LogP contribution in [0.2, 0.25) is 0 Å². The van der Waals surface area contributed by atoms with Crippen LogP contribution in [-0.2, 0) is 27.2 Å². The second-order valence-corrected chi connectivity index (χ2v) is 7.41. The summed E-state index contributed by atoms with van der Waals surface area (Å²) in [6, 6.07) is 15.9. The highest BCUT2D eigenvalue weighted by Gasteiger charge is 2.24. The van der Waals surface area contributed by atoms with Gasteiger partial charge in [0.25, 0.3) is 0 Å². The number of ether oxygens (including phenoxy) is 2. The number of carboxylic acids is 1. The summed E-state index contributed by atoms with van der Waals surface area (Å²) in [6.45, 7) is 2.11. The summed E-state index contributed by atoms with van der Waals surface area (Å²) < 4.78 is 11.2. The lowest BCUT2D eigenvalue weighted by Gasteiger charge is -2.26. The molecule has 0 fully saturated rings. The van der Waals surface area contributed by atoms with Gasteiger partial charge >= 0.3 is 11.9 Å². The zero-order valence-electron chi connectivity index (χ0n) is 16.5. The number of H-pyrrole nitrogens is 1. The number of aliphatic carboxylic acids is 1. The molecule has 0 unspecified atom stereocenters. The molecule has 7 heteroatoms. The average Bonchev–Trinajstić information content (AvgIpc) is 3.14. The van der Waals surface area contributed by atoms with Gasteiger partial charge in [0.2, 0.25) is 0 Å². The topological polar surface area (TPSA) is 91.9 Å². The van der Waals surface area contributed by atoms with E-state index < -0.39 is 18.0 Å². The van der Waals surface area contributed by atoms with Crippen molar-refractivity contribution in [2.45, 2.75) is 18.9 Å². The molecule has 0 aliphatic carbocycles. The van der Waals surface area contributed by atoms with E-state index in [1.54, 1.807) is 0 Å². The van der Waals surface area contributed by atoms with Crippen LogP contribution in [0.4, 0.5) is 0 Å². The van der Waals surface area contributed by atoms with Crippen molar-refractivity contribution in [2.75, 3.05) is 26.2 Å². The Labute approximate surface area is 174 Å². The van der Waals surface area contributed by atoms with E-state index in [1.165, 1.54) is 11.1 Å². The molecule has 0 spiro atoms. The highest BCUT2D eigenvalue weighted by atomic mass is 16.6. The second kappa shape index (κ2) is 9.00. The quantitative estimate of drug-likeness (QED) is 0.481. The molecular formula is C23H24N2O5. The normalized spacial score (nSPS) is 15.2. The molecule has 2 aromatic carbocycles. The van der Waals surface area contributed by atoms with E-state index in [4.69, 9.17) is 14.6 Å². The largest absolute Gasteiger partial charge is 0.489 e. The zero-order valence-corrected chi connectivity index (χ0v) is 16.5. The number of carbonyl (C=O) groups is 2. The van der Waals surface area contributed by atoms with Crippen LogP contribution in [0.3, 0.4) is 0 Å². The standard InChI is InChI=1S/C23H24N2O5/c26-22(27)23(28)30-18(15-29-21-7-3-6-20-19(21)8-11-24-20)14-25-12-9-16-4-1-2-5-17(16)10-13-25/h1-8,11,18,24H,9-10,12-15H2,(H,26,27)/t18-/m0/s1. The molecule has 2 heterocycles. The van der Waals surface area contributed by atoms with Gasteiger partial charge in [0.15, 0.2) is 0 Å². The third-order valence-corrected chi connectivity index (χ3v) is 5.40. The van der Waals surface area contributed by atoms with Crippen LogP contribution in [0.1, 0.15) is 11.1 Å². The molecule has 3 aromatic rings. The number of rotatable bonds is 6. The van der Waals surface area contributed by atoms with Gasteiger partial charge in [-0.25, -0.2) is 9.59 Å². The van der Waals surface area contributed by atoms with Crippen molar-refractivity contribution < 1.29 is 24.2 Å². The fourth-order valence-corrected chi connectivity index (χ4v) is 3.88. The van der Waals surface area contributed by atoms with Crippen molar-refractivity contribution in [3.05, 3.63) is 65.9 Å². The van der Waals surface area contributed by atoms with Crippen LogP contribution in [-0.4, -0.2) is 59.3 Å². The van der Waals surface area contributed by atoms with Crippen molar-refractivity contribution in [3.63, 3.8) is 0 Å². The van der Waals surface area contributed by atoms with E-state index in [2.05, 4.69) is 22.0 Å². The van der Waals surface area contributed by atoms with Crippen molar-refractivity contribution in [3.8, 4) is 5.75 Å². The zero-order chi connectivity index (χ0) is 20.9. The summed E-state index contributed by atoms with van der Waals surface area (Å²) in [7, 11) is 0. The third kappa shape index (κ3) is 4.63. The van der Waals surface area contributed by atoms with E-state index in [9.17, 15) is 9.59 Å². The van der Waals surface area contributed by atoms with E-state index >= 15 is 0 Å². The smallest absolute Gasteiger partial charge is 0.417 e. The Hall–Kier alpha value is -3.32. The van der Waals surface area contributed by atoms with E-state index in [0.29, 0.717) is 12.3 Å². The summed E-state index contributed by atoms with van der Waals surface area (Å²) in [5, 5.41) is 9.89. The van der Waals surface area contributed by atoms with Crippen molar-refractivity contribution in [2.24, 2.45) is 0 Å². The minimum absolute atomic E-state index is 0.0762. The molecule has 0 radical (unpaired) electrons. The number of aromatic amines is 1. The molecule has 0 bridgehead atoms. The summed E-state index contributed by atoms with van der Waals surface area (Å²) in [6.07, 6.45) is 2.94. The first kappa shape index (κ1) is 20.0. The number of nitrogens with zero attached hydrogens (tertiary/aromatic N) is 1. The third-order valence-electron chi connectivity index (χ3n) is 5.40. The Morgan fingerprint density at radius 3 is 2.47 bits per heavy atom. The van der Waals surface area contributed by atoms with E-state index in [-0.39, 0.29) is 6.61 Å². The monoisotopic (exact) mass is 408 g/mol. The summed E-state index contributed by atoms with van der Waals surface area (Å²) in [5.74, 6) is -2.20. The fourth-order valence-electron chi connectivity index (χ4n) is 3.88. The van der Waals surface area contributed by atoms with Gasteiger partial charge in [0.1, 0.15) is 18.5 Å². The van der Waals surface area contributed by atoms with Gasteiger partial charge in [-0.15, -0.1) is 0 Å².